The monoisotopic (exact) mass is 302 g/mol. The van der Waals surface area contributed by atoms with E-state index < -0.39 is 21.9 Å². The van der Waals surface area contributed by atoms with Crippen LogP contribution in [0.4, 0.5) is 4.39 Å². The molecule has 1 atom stereocenters. The van der Waals surface area contributed by atoms with Crippen LogP contribution in [0.1, 0.15) is 27.2 Å². The van der Waals surface area contributed by atoms with Gasteiger partial charge in [0.1, 0.15) is 11.9 Å². The summed E-state index contributed by atoms with van der Waals surface area (Å²) >= 11 is 0. The predicted octanol–water partition coefficient (Wildman–Crippen LogP) is 1.41. The Labute approximate surface area is 118 Å². The van der Waals surface area contributed by atoms with Gasteiger partial charge in [0.25, 0.3) is 0 Å². The summed E-state index contributed by atoms with van der Waals surface area (Å²) in [6.07, 6.45) is 0.318. The first kappa shape index (κ1) is 16.6. The lowest BCUT2D eigenvalue weighted by atomic mass is 10.2. The van der Waals surface area contributed by atoms with Crippen LogP contribution in [0.25, 0.3) is 0 Å². The van der Waals surface area contributed by atoms with Gasteiger partial charge in [-0.1, -0.05) is 6.92 Å². The molecule has 0 fully saturated rings. The van der Waals surface area contributed by atoms with Crippen molar-refractivity contribution in [2.45, 2.75) is 44.2 Å². The van der Waals surface area contributed by atoms with Gasteiger partial charge in [-0.25, -0.2) is 12.8 Å². The molecule has 0 saturated carbocycles. The Hall–Kier alpha value is -1.47. The number of carbonyl (C=O) groups is 1. The minimum absolute atomic E-state index is 0.0744. The van der Waals surface area contributed by atoms with E-state index in [9.17, 15) is 17.6 Å². The molecule has 1 amide bonds. The Bertz CT molecular complexity index is 555. The summed E-state index contributed by atoms with van der Waals surface area (Å²) in [5.41, 5.74) is 0. The highest BCUT2D eigenvalue weighted by atomic mass is 32.2. The lowest BCUT2D eigenvalue weighted by Crippen LogP contribution is -2.48. The Morgan fingerprint density at radius 2 is 1.80 bits per heavy atom. The molecule has 1 aromatic carbocycles. The van der Waals surface area contributed by atoms with Crippen LogP contribution in [-0.2, 0) is 14.8 Å². The normalized spacial score (nSPS) is 13.2. The molecule has 7 heteroatoms. The number of benzene rings is 1. The zero-order valence-electron chi connectivity index (χ0n) is 11.7. The first-order valence-electron chi connectivity index (χ1n) is 6.34. The fraction of sp³-hybridized carbons (Fsp3) is 0.462. The van der Waals surface area contributed by atoms with Crippen molar-refractivity contribution in [2.75, 3.05) is 0 Å². The molecule has 0 aliphatic heterocycles. The van der Waals surface area contributed by atoms with Crippen molar-refractivity contribution in [2.24, 2.45) is 0 Å². The summed E-state index contributed by atoms with van der Waals surface area (Å²) in [6, 6.07) is 3.50. The van der Waals surface area contributed by atoms with Gasteiger partial charge >= 0.3 is 0 Å². The van der Waals surface area contributed by atoms with E-state index in [1.165, 1.54) is 0 Å². The first-order valence-corrected chi connectivity index (χ1v) is 7.83. The van der Waals surface area contributed by atoms with E-state index >= 15 is 0 Å². The Morgan fingerprint density at radius 1 is 1.25 bits per heavy atom. The Balaban J connectivity index is 2.88. The fourth-order valence-corrected chi connectivity index (χ4v) is 2.86. The number of amides is 1. The number of hydrogen-bond donors (Lipinski definition) is 2. The molecule has 20 heavy (non-hydrogen) atoms. The molecule has 5 nitrogen and oxygen atoms in total. The average Bonchev–Trinajstić information content (AvgIpc) is 2.35. The van der Waals surface area contributed by atoms with Crippen molar-refractivity contribution in [1.82, 2.24) is 10.0 Å². The second-order valence-electron chi connectivity index (χ2n) is 4.70. The molecule has 0 aliphatic rings. The van der Waals surface area contributed by atoms with E-state index in [2.05, 4.69) is 10.0 Å². The fourth-order valence-electron chi connectivity index (χ4n) is 1.58. The molecule has 0 aliphatic carbocycles. The predicted molar refractivity (Wildman–Crippen MR) is 74.1 cm³/mol. The molecular weight excluding hydrogens is 283 g/mol. The molecule has 0 saturated heterocycles. The third-order valence-electron chi connectivity index (χ3n) is 2.58. The zero-order chi connectivity index (χ0) is 15.3. The number of sulfonamides is 1. The maximum absolute atomic E-state index is 12.8. The molecule has 0 aromatic heterocycles. The smallest absolute Gasteiger partial charge is 0.241 e. The van der Waals surface area contributed by atoms with Crippen molar-refractivity contribution in [3.63, 3.8) is 0 Å². The van der Waals surface area contributed by atoms with E-state index in [1.807, 2.05) is 0 Å². The highest BCUT2D eigenvalue weighted by Crippen LogP contribution is 2.11. The summed E-state index contributed by atoms with van der Waals surface area (Å²) in [6.45, 7) is 5.29. The van der Waals surface area contributed by atoms with Gasteiger partial charge in [0.2, 0.25) is 15.9 Å². The van der Waals surface area contributed by atoms with E-state index in [0.29, 0.717) is 6.42 Å². The van der Waals surface area contributed by atoms with Crippen LogP contribution in [0, 0.1) is 5.82 Å². The zero-order valence-corrected chi connectivity index (χ0v) is 12.5. The molecule has 0 bridgehead atoms. The number of carbonyl (C=O) groups excluding carboxylic acids is 1. The van der Waals surface area contributed by atoms with Crippen LogP contribution in [0.5, 0.6) is 0 Å². The topological polar surface area (TPSA) is 75.3 Å². The van der Waals surface area contributed by atoms with Gasteiger partial charge in [-0.2, -0.15) is 4.72 Å². The lowest BCUT2D eigenvalue weighted by Gasteiger charge is -2.18. The second-order valence-corrected chi connectivity index (χ2v) is 6.41. The molecular formula is C13H19FN2O3S. The maximum atomic E-state index is 12.8. The van der Waals surface area contributed by atoms with Crippen LogP contribution in [-0.4, -0.2) is 26.4 Å². The van der Waals surface area contributed by atoms with Gasteiger partial charge in [-0.05, 0) is 44.5 Å². The number of rotatable bonds is 6. The lowest BCUT2D eigenvalue weighted by molar-refractivity contribution is -0.123. The number of nitrogens with one attached hydrogen (secondary N) is 2. The highest BCUT2D eigenvalue weighted by Gasteiger charge is 2.24. The Kier molecular flexibility index (Phi) is 5.64. The van der Waals surface area contributed by atoms with E-state index in [-0.39, 0.29) is 16.8 Å². The Morgan fingerprint density at radius 3 is 2.25 bits per heavy atom. The molecule has 0 spiro atoms. The van der Waals surface area contributed by atoms with Crippen LogP contribution in [0.3, 0.4) is 0 Å². The van der Waals surface area contributed by atoms with Crippen LogP contribution in [0.15, 0.2) is 29.2 Å². The summed E-state index contributed by atoms with van der Waals surface area (Å²) in [5.74, 6) is -0.901. The van der Waals surface area contributed by atoms with Gasteiger partial charge in [0.15, 0.2) is 0 Å². The summed E-state index contributed by atoms with van der Waals surface area (Å²) in [7, 11) is -3.85. The van der Waals surface area contributed by atoms with Crippen molar-refractivity contribution < 1.29 is 17.6 Å². The van der Waals surface area contributed by atoms with Gasteiger partial charge < -0.3 is 5.32 Å². The van der Waals surface area contributed by atoms with Gasteiger partial charge in [0, 0.05) is 6.04 Å². The average molecular weight is 302 g/mol. The molecule has 1 aromatic rings. The van der Waals surface area contributed by atoms with Crippen molar-refractivity contribution in [1.29, 1.82) is 0 Å². The second kappa shape index (κ2) is 6.81. The third-order valence-corrected chi connectivity index (χ3v) is 4.06. The molecule has 0 heterocycles. The van der Waals surface area contributed by atoms with Gasteiger partial charge in [-0.15, -0.1) is 0 Å². The molecule has 1 rings (SSSR count). The largest absolute Gasteiger partial charge is 0.353 e. The quantitative estimate of drug-likeness (QED) is 0.834. The van der Waals surface area contributed by atoms with Crippen LogP contribution >= 0.6 is 0 Å². The van der Waals surface area contributed by atoms with Crippen molar-refractivity contribution in [3.05, 3.63) is 30.1 Å². The van der Waals surface area contributed by atoms with Gasteiger partial charge in [-0.3, -0.25) is 4.79 Å². The maximum Gasteiger partial charge on any atom is 0.241 e. The van der Waals surface area contributed by atoms with Gasteiger partial charge in [0.05, 0.1) is 4.90 Å². The van der Waals surface area contributed by atoms with E-state index in [4.69, 9.17) is 0 Å². The van der Waals surface area contributed by atoms with E-state index in [0.717, 1.165) is 24.3 Å². The minimum atomic E-state index is -3.85. The third kappa shape index (κ3) is 4.57. The summed E-state index contributed by atoms with van der Waals surface area (Å²) in [5, 5.41) is 2.65. The summed E-state index contributed by atoms with van der Waals surface area (Å²) in [4.78, 5) is 11.8. The standard InChI is InChI=1S/C13H19FN2O3S/c1-4-12(13(17)15-9(2)3)16-20(18,19)11-7-5-10(14)6-8-11/h5-9,12,16H,4H2,1-3H3,(H,15,17). The van der Waals surface area contributed by atoms with E-state index in [1.54, 1.807) is 20.8 Å². The molecule has 0 radical (unpaired) electrons. The summed E-state index contributed by atoms with van der Waals surface area (Å²) < 4.78 is 39.3. The number of halogens is 1. The van der Waals surface area contributed by atoms with Crippen molar-refractivity contribution in [3.8, 4) is 0 Å². The first-order chi connectivity index (χ1) is 9.26. The molecule has 2 N–H and O–H groups in total. The molecule has 112 valence electrons. The molecule has 1 unspecified atom stereocenters. The van der Waals surface area contributed by atoms with Crippen LogP contribution in [0.2, 0.25) is 0 Å². The van der Waals surface area contributed by atoms with Crippen molar-refractivity contribution >= 4 is 15.9 Å². The SMILES string of the molecule is CCC(NS(=O)(=O)c1ccc(F)cc1)C(=O)NC(C)C. The minimum Gasteiger partial charge on any atom is -0.353 e. The number of hydrogen-bond acceptors (Lipinski definition) is 3. The highest BCUT2D eigenvalue weighted by molar-refractivity contribution is 7.89. The van der Waals surface area contributed by atoms with Crippen LogP contribution < -0.4 is 10.0 Å².